The van der Waals surface area contributed by atoms with E-state index >= 15 is 0 Å². The lowest BCUT2D eigenvalue weighted by molar-refractivity contribution is 0.0660. The first-order chi connectivity index (χ1) is 12.7. The maximum Gasteiger partial charge on any atom is 0.274 e. The molecule has 1 amide bonds. The number of benzene rings is 1. The highest BCUT2D eigenvalue weighted by atomic mass is 16.5. The van der Waals surface area contributed by atoms with E-state index in [1.54, 1.807) is 7.11 Å². The molecule has 6 heteroatoms. The smallest absolute Gasteiger partial charge is 0.274 e. The molecule has 0 bridgehead atoms. The van der Waals surface area contributed by atoms with Crippen LogP contribution in [0.4, 0.5) is 0 Å². The summed E-state index contributed by atoms with van der Waals surface area (Å²) in [5.41, 5.74) is 3.05. The van der Waals surface area contributed by atoms with Gasteiger partial charge in [0.15, 0.2) is 5.69 Å². The first-order valence-electron chi connectivity index (χ1n) is 8.76. The fraction of sp³-hybridized carbons (Fsp3) is 0.300. The van der Waals surface area contributed by atoms with Gasteiger partial charge in [-0.15, -0.1) is 0 Å². The van der Waals surface area contributed by atoms with Gasteiger partial charge in [0.2, 0.25) is 0 Å². The highest BCUT2D eigenvalue weighted by Gasteiger charge is 2.26. The van der Waals surface area contributed by atoms with Crippen molar-refractivity contribution in [3.63, 3.8) is 0 Å². The highest BCUT2D eigenvalue weighted by Crippen LogP contribution is 2.28. The van der Waals surface area contributed by atoms with Gasteiger partial charge in [-0.25, -0.2) is 4.98 Å². The zero-order chi connectivity index (χ0) is 18.1. The quantitative estimate of drug-likeness (QED) is 0.728. The van der Waals surface area contributed by atoms with Gasteiger partial charge in [-0.05, 0) is 43.4 Å². The fourth-order valence-corrected chi connectivity index (χ4v) is 3.33. The molecule has 1 saturated heterocycles. The van der Waals surface area contributed by atoms with Gasteiger partial charge in [-0.2, -0.15) is 0 Å². The predicted molar refractivity (Wildman–Crippen MR) is 101 cm³/mol. The molecule has 134 valence electrons. The molecule has 1 aliphatic heterocycles. The SMILES string of the molecule is COc1ccc(-c2c(C(=O)N3CCN(C)CC3)nc3ccccn23)cc1. The summed E-state index contributed by atoms with van der Waals surface area (Å²) >= 11 is 0. The molecule has 0 aliphatic carbocycles. The van der Waals surface area contributed by atoms with Crippen molar-refractivity contribution in [2.75, 3.05) is 40.3 Å². The summed E-state index contributed by atoms with van der Waals surface area (Å²) in [7, 11) is 3.72. The van der Waals surface area contributed by atoms with Crippen molar-refractivity contribution in [2.24, 2.45) is 0 Å². The summed E-state index contributed by atoms with van der Waals surface area (Å²) in [6, 6.07) is 13.6. The van der Waals surface area contributed by atoms with Crippen LogP contribution < -0.4 is 4.74 Å². The van der Waals surface area contributed by atoms with Gasteiger partial charge in [0, 0.05) is 37.9 Å². The molecule has 1 aromatic carbocycles. The van der Waals surface area contributed by atoms with Gasteiger partial charge in [-0.3, -0.25) is 9.20 Å². The van der Waals surface area contributed by atoms with Gasteiger partial charge in [0.1, 0.15) is 11.4 Å². The van der Waals surface area contributed by atoms with Crippen LogP contribution in [0, 0.1) is 0 Å². The Bertz CT molecular complexity index is 925. The van der Waals surface area contributed by atoms with E-state index in [0.29, 0.717) is 5.69 Å². The third kappa shape index (κ3) is 2.93. The third-order valence-electron chi connectivity index (χ3n) is 4.89. The fourth-order valence-electron chi connectivity index (χ4n) is 3.33. The number of pyridine rings is 1. The number of imidazole rings is 1. The van der Waals surface area contributed by atoms with Crippen LogP contribution in [0.2, 0.25) is 0 Å². The van der Waals surface area contributed by atoms with Crippen molar-refractivity contribution in [1.82, 2.24) is 19.2 Å². The molecule has 1 aliphatic rings. The standard InChI is InChI=1S/C20H22N4O2/c1-22-11-13-23(14-12-22)20(25)18-19(15-6-8-16(26-2)9-7-15)24-10-4-3-5-17(24)21-18/h3-10H,11-14H2,1-2H3. The molecule has 3 aromatic rings. The van der Waals surface area contributed by atoms with E-state index in [0.717, 1.165) is 48.8 Å². The van der Waals surface area contributed by atoms with Crippen LogP contribution in [0.15, 0.2) is 48.7 Å². The summed E-state index contributed by atoms with van der Waals surface area (Å²) in [4.78, 5) is 22.0. The number of amides is 1. The molecule has 3 heterocycles. The lowest BCUT2D eigenvalue weighted by Crippen LogP contribution is -2.47. The first-order valence-corrected chi connectivity index (χ1v) is 8.76. The summed E-state index contributed by atoms with van der Waals surface area (Å²) in [6.45, 7) is 3.23. The minimum Gasteiger partial charge on any atom is -0.497 e. The second-order valence-electron chi connectivity index (χ2n) is 6.56. The average Bonchev–Trinajstić information content (AvgIpc) is 3.07. The summed E-state index contributed by atoms with van der Waals surface area (Å²) in [6.07, 6.45) is 1.95. The number of hydrogen-bond donors (Lipinski definition) is 0. The maximum atomic E-state index is 13.2. The van der Waals surface area contributed by atoms with E-state index in [4.69, 9.17) is 4.74 Å². The Labute approximate surface area is 152 Å². The number of fused-ring (bicyclic) bond motifs is 1. The van der Waals surface area contributed by atoms with E-state index in [-0.39, 0.29) is 5.91 Å². The van der Waals surface area contributed by atoms with Gasteiger partial charge >= 0.3 is 0 Å². The van der Waals surface area contributed by atoms with E-state index in [1.165, 1.54) is 0 Å². The second kappa shape index (κ2) is 6.80. The zero-order valence-corrected chi connectivity index (χ0v) is 15.1. The van der Waals surface area contributed by atoms with Crippen molar-refractivity contribution in [3.8, 4) is 17.0 Å². The number of methoxy groups -OCH3 is 1. The van der Waals surface area contributed by atoms with Crippen molar-refractivity contribution in [3.05, 3.63) is 54.4 Å². The van der Waals surface area contributed by atoms with Crippen LogP contribution in [0.1, 0.15) is 10.5 Å². The largest absolute Gasteiger partial charge is 0.497 e. The highest BCUT2D eigenvalue weighted by molar-refractivity contribution is 5.99. The van der Waals surface area contributed by atoms with E-state index in [1.807, 2.05) is 58.0 Å². The summed E-state index contributed by atoms with van der Waals surface area (Å²) in [5, 5.41) is 0. The molecule has 0 N–H and O–H groups in total. The molecule has 6 nitrogen and oxygen atoms in total. The van der Waals surface area contributed by atoms with Crippen molar-refractivity contribution in [2.45, 2.75) is 0 Å². The number of carbonyl (C=O) groups excluding carboxylic acids is 1. The lowest BCUT2D eigenvalue weighted by Gasteiger charge is -2.32. The molecule has 1 fully saturated rings. The molecule has 0 radical (unpaired) electrons. The average molecular weight is 350 g/mol. The van der Waals surface area contributed by atoms with Crippen molar-refractivity contribution >= 4 is 11.6 Å². The van der Waals surface area contributed by atoms with Gasteiger partial charge in [0.05, 0.1) is 12.8 Å². The maximum absolute atomic E-state index is 13.2. The number of hydrogen-bond acceptors (Lipinski definition) is 4. The number of carbonyl (C=O) groups is 1. The molecule has 0 atom stereocenters. The molecule has 0 saturated carbocycles. The summed E-state index contributed by atoms with van der Waals surface area (Å²) < 4.78 is 7.23. The number of ether oxygens (including phenoxy) is 1. The Hall–Kier alpha value is -2.86. The normalized spacial score (nSPS) is 15.4. The molecular weight excluding hydrogens is 328 g/mol. The number of aromatic nitrogens is 2. The Morgan fingerprint density at radius 2 is 1.77 bits per heavy atom. The number of piperazine rings is 1. The monoisotopic (exact) mass is 350 g/mol. The Morgan fingerprint density at radius 3 is 2.46 bits per heavy atom. The van der Waals surface area contributed by atoms with Crippen LogP contribution in [0.5, 0.6) is 5.75 Å². The van der Waals surface area contributed by atoms with Crippen LogP contribution in [-0.2, 0) is 0 Å². The van der Waals surface area contributed by atoms with Gasteiger partial charge < -0.3 is 14.5 Å². The predicted octanol–water partition coefficient (Wildman–Crippen LogP) is 2.40. The Morgan fingerprint density at radius 1 is 1.04 bits per heavy atom. The minimum absolute atomic E-state index is 0.00684. The van der Waals surface area contributed by atoms with Crippen LogP contribution >= 0.6 is 0 Å². The second-order valence-corrected chi connectivity index (χ2v) is 6.56. The topological polar surface area (TPSA) is 50.1 Å². The van der Waals surface area contributed by atoms with Gasteiger partial charge in [0.25, 0.3) is 5.91 Å². The number of rotatable bonds is 3. The number of likely N-dealkylation sites (N-methyl/N-ethyl adjacent to an activating group) is 1. The summed E-state index contributed by atoms with van der Waals surface area (Å²) in [5.74, 6) is 0.780. The zero-order valence-electron chi connectivity index (χ0n) is 15.1. The molecule has 2 aromatic heterocycles. The van der Waals surface area contributed by atoms with E-state index in [2.05, 4.69) is 16.9 Å². The van der Waals surface area contributed by atoms with Crippen molar-refractivity contribution < 1.29 is 9.53 Å². The first kappa shape index (κ1) is 16.6. The van der Waals surface area contributed by atoms with Crippen molar-refractivity contribution in [1.29, 1.82) is 0 Å². The Kier molecular flexibility index (Phi) is 4.34. The van der Waals surface area contributed by atoms with Crippen LogP contribution in [0.3, 0.4) is 0 Å². The molecule has 0 unspecified atom stereocenters. The molecular formula is C20H22N4O2. The number of nitrogens with zero attached hydrogens (tertiary/aromatic N) is 4. The molecule has 0 spiro atoms. The third-order valence-corrected chi connectivity index (χ3v) is 4.89. The van der Waals surface area contributed by atoms with Crippen LogP contribution in [-0.4, -0.2) is 65.4 Å². The van der Waals surface area contributed by atoms with Gasteiger partial charge in [-0.1, -0.05) is 6.07 Å². The van der Waals surface area contributed by atoms with Crippen LogP contribution in [0.25, 0.3) is 16.9 Å². The molecule has 26 heavy (non-hydrogen) atoms. The van der Waals surface area contributed by atoms with E-state index in [9.17, 15) is 4.79 Å². The van der Waals surface area contributed by atoms with E-state index < -0.39 is 0 Å². The minimum atomic E-state index is -0.00684. The lowest BCUT2D eigenvalue weighted by atomic mass is 10.1. The molecule has 4 rings (SSSR count). The Balaban J connectivity index is 1.79.